The average molecular weight is 366 g/mol. The van der Waals surface area contributed by atoms with Crippen LogP contribution in [0.4, 0.5) is 5.69 Å². The van der Waals surface area contributed by atoms with Crippen molar-refractivity contribution in [2.24, 2.45) is 5.92 Å². The van der Waals surface area contributed by atoms with E-state index in [0.29, 0.717) is 13.1 Å². The standard InChI is InChI=1S/C22H26N2O3/c1-15-5-4-6-20(16(15)2)23-22(26)18-13-21(25)24(14-18)12-11-17-7-9-19(27-3)10-8-17/h4-10,18H,11-14H2,1-3H3,(H,23,26). The molecular weight excluding hydrogens is 340 g/mol. The lowest BCUT2D eigenvalue weighted by atomic mass is 10.1. The fraction of sp³-hybridized carbons (Fsp3) is 0.364. The minimum Gasteiger partial charge on any atom is -0.497 e. The minimum atomic E-state index is -0.298. The highest BCUT2D eigenvalue weighted by atomic mass is 16.5. The van der Waals surface area contributed by atoms with E-state index in [-0.39, 0.29) is 24.2 Å². The Hall–Kier alpha value is -2.82. The van der Waals surface area contributed by atoms with E-state index in [0.717, 1.165) is 34.5 Å². The first-order chi connectivity index (χ1) is 13.0. The maximum atomic E-state index is 12.6. The molecule has 5 nitrogen and oxygen atoms in total. The first-order valence-corrected chi connectivity index (χ1v) is 9.25. The van der Waals surface area contributed by atoms with Gasteiger partial charge in [-0.2, -0.15) is 0 Å². The van der Waals surface area contributed by atoms with Crippen molar-refractivity contribution < 1.29 is 14.3 Å². The summed E-state index contributed by atoms with van der Waals surface area (Å²) >= 11 is 0. The van der Waals surface area contributed by atoms with Crippen LogP contribution in [0.15, 0.2) is 42.5 Å². The lowest BCUT2D eigenvalue weighted by molar-refractivity contribution is -0.128. The topological polar surface area (TPSA) is 58.6 Å². The van der Waals surface area contributed by atoms with E-state index in [2.05, 4.69) is 5.32 Å². The number of benzene rings is 2. The van der Waals surface area contributed by atoms with Gasteiger partial charge in [0.25, 0.3) is 0 Å². The van der Waals surface area contributed by atoms with Gasteiger partial charge in [0, 0.05) is 25.2 Å². The largest absolute Gasteiger partial charge is 0.497 e. The number of carbonyl (C=O) groups excluding carboxylic acids is 2. The third-order valence-electron chi connectivity index (χ3n) is 5.28. The maximum absolute atomic E-state index is 12.6. The Labute approximate surface area is 160 Å². The Morgan fingerprint density at radius 3 is 2.63 bits per heavy atom. The summed E-state index contributed by atoms with van der Waals surface area (Å²) in [7, 11) is 1.64. The fourth-order valence-electron chi connectivity index (χ4n) is 3.34. The van der Waals surface area contributed by atoms with E-state index in [1.54, 1.807) is 12.0 Å². The van der Waals surface area contributed by atoms with Gasteiger partial charge in [-0.3, -0.25) is 9.59 Å². The molecule has 5 heteroatoms. The monoisotopic (exact) mass is 366 g/mol. The van der Waals surface area contributed by atoms with E-state index in [9.17, 15) is 9.59 Å². The summed E-state index contributed by atoms with van der Waals surface area (Å²) in [5.41, 5.74) is 4.17. The third-order valence-corrected chi connectivity index (χ3v) is 5.28. The number of hydrogen-bond donors (Lipinski definition) is 1. The molecule has 3 rings (SSSR count). The number of methoxy groups -OCH3 is 1. The van der Waals surface area contributed by atoms with Crippen molar-refractivity contribution in [3.8, 4) is 5.75 Å². The number of amides is 2. The summed E-state index contributed by atoms with van der Waals surface area (Å²) in [6.07, 6.45) is 1.04. The normalized spacial score (nSPS) is 16.5. The molecule has 0 radical (unpaired) electrons. The molecule has 1 aliphatic rings. The maximum Gasteiger partial charge on any atom is 0.229 e. The van der Waals surface area contributed by atoms with E-state index >= 15 is 0 Å². The summed E-state index contributed by atoms with van der Waals surface area (Å²) < 4.78 is 5.16. The quantitative estimate of drug-likeness (QED) is 0.853. The molecule has 142 valence electrons. The molecule has 27 heavy (non-hydrogen) atoms. The molecule has 0 aliphatic carbocycles. The van der Waals surface area contributed by atoms with E-state index in [4.69, 9.17) is 4.74 Å². The van der Waals surface area contributed by atoms with Gasteiger partial charge in [-0.1, -0.05) is 24.3 Å². The second-order valence-electron chi connectivity index (χ2n) is 7.08. The molecule has 1 N–H and O–H groups in total. The lowest BCUT2D eigenvalue weighted by Crippen LogP contribution is -2.30. The van der Waals surface area contributed by atoms with Gasteiger partial charge >= 0.3 is 0 Å². The Bertz CT molecular complexity index is 830. The predicted molar refractivity (Wildman–Crippen MR) is 106 cm³/mol. The van der Waals surface area contributed by atoms with E-state index < -0.39 is 0 Å². The highest BCUT2D eigenvalue weighted by molar-refractivity contribution is 5.97. The average Bonchev–Trinajstić information content (AvgIpc) is 3.05. The van der Waals surface area contributed by atoms with E-state index in [1.807, 2.05) is 56.3 Å². The molecule has 2 aromatic rings. The van der Waals surface area contributed by atoms with Gasteiger partial charge < -0.3 is 15.0 Å². The van der Waals surface area contributed by atoms with Crippen molar-refractivity contribution in [3.63, 3.8) is 0 Å². The summed E-state index contributed by atoms with van der Waals surface area (Å²) in [6, 6.07) is 13.7. The summed E-state index contributed by atoms with van der Waals surface area (Å²) in [5.74, 6) is 0.487. The Morgan fingerprint density at radius 2 is 1.93 bits per heavy atom. The van der Waals surface area contributed by atoms with Crippen LogP contribution in [0.25, 0.3) is 0 Å². The molecule has 1 unspecified atom stereocenters. The van der Waals surface area contributed by atoms with Crippen LogP contribution < -0.4 is 10.1 Å². The Kier molecular flexibility index (Phi) is 5.79. The van der Waals surface area contributed by atoms with Gasteiger partial charge in [0.1, 0.15) is 5.75 Å². The Balaban J connectivity index is 1.56. The molecule has 2 aromatic carbocycles. The number of nitrogens with one attached hydrogen (secondary N) is 1. The third kappa shape index (κ3) is 4.48. The number of rotatable bonds is 6. The number of anilines is 1. The highest BCUT2D eigenvalue weighted by Crippen LogP contribution is 2.23. The summed E-state index contributed by atoms with van der Waals surface area (Å²) in [4.78, 5) is 26.7. The highest BCUT2D eigenvalue weighted by Gasteiger charge is 2.34. The van der Waals surface area contributed by atoms with Crippen molar-refractivity contribution in [1.82, 2.24) is 4.90 Å². The van der Waals surface area contributed by atoms with Crippen LogP contribution in [0.5, 0.6) is 5.75 Å². The van der Waals surface area contributed by atoms with Crippen LogP contribution in [0, 0.1) is 19.8 Å². The molecule has 1 heterocycles. The minimum absolute atomic E-state index is 0.0459. The van der Waals surface area contributed by atoms with Gasteiger partial charge in [-0.25, -0.2) is 0 Å². The molecule has 2 amide bonds. The first-order valence-electron chi connectivity index (χ1n) is 9.25. The number of carbonyl (C=O) groups is 2. The molecule has 1 saturated heterocycles. The van der Waals surface area contributed by atoms with Crippen LogP contribution in [0.1, 0.15) is 23.1 Å². The second-order valence-corrected chi connectivity index (χ2v) is 7.08. The summed E-state index contributed by atoms with van der Waals surface area (Å²) in [5, 5.41) is 2.99. The van der Waals surface area contributed by atoms with Gasteiger partial charge in [0.15, 0.2) is 0 Å². The molecule has 1 fully saturated rings. The zero-order valence-electron chi connectivity index (χ0n) is 16.1. The predicted octanol–water partition coefficient (Wildman–Crippen LogP) is 3.34. The number of likely N-dealkylation sites (tertiary alicyclic amines) is 1. The van der Waals surface area contributed by atoms with Crippen molar-refractivity contribution in [2.45, 2.75) is 26.7 Å². The molecular formula is C22H26N2O3. The van der Waals surface area contributed by atoms with Gasteiger partial charge in [0.05, 0.1) is 13.0 Å². The van der Waals surface area contributed by atoms with Crippen molar-refractivity contribution in [1.29, 1.82) is 0 Å². The number of nitrogens with zero attached hydrogens (tertiary/aromatic N) is 1. The molecule has 1 aliphatic heterocycles. The number of ether oxygens (including phenoxy) is 1. The fourth-order valence-corrected chi connectivity index (χ4v) is 3.34. The molecule has 0 bridgehead atoms. The van der Waals surface area contributed by atoms with Crippen LogP contribution in [0.2, 0.25) is 0 Å². The van der Waals surface area contributed by atoms with Crippen molar-refractivity contribution >= 4 is 17.5 Å². The van der Waals surface area contributed by atoms with Gasteiger partial charge in [0.2, 0.25) is 11.8 Å². The molecule has 1 atom stereocenters. The summed E-state index contributed by atoms with van der Waals surface area (Å²) in [6.45, 7) is 5.11. The lowest BCUT2D eigenvalue weighted by Gasteiger charge is -2.17. The first kappa shape index (κ1) is 19.0. The second kappa shape index (κ2) is 8.25. The van der Waals surface area contributed by atoms with Crippen molar-refractivity contribution in [3.05, 3.63) is 59.2 Å². The Morgan fingerprint density at radius 1 is 1.19 bits per heavy atom. The van der Waals surface area contributed by atoms with E-state index in [1.165, 1.54) is 0 Å². The zero-order chi connectivity index (χ0) is 19.4. The number of aryl methyl sites for hydroxylation is 1. The van der Waals surface area contributed by atoms with Crippen LogP contribution in [-0.4, -0.2) is 36.9 Å². The van der Waals surface area contributed by atoms with Crippen LogP contribution in [0.3, 0.4) is 0 Å². The molecule has 0 spiro atoms. The van der Waals surface area contributed by atoms with Crippen LogP contribution in [-0.2, 0) is 16.0 Å². The molecule has 0 aromatic heterocycles. The smallest absolute Gasteiger partial charge is 0.229 e. The van der Waals surface area contributed by atoms with Gasteiger partial charge in [-0.15, -0.1) is 0 Å². The van der Waals surface area contributed by atoms with Crippen LogP contribution >= 0.6 is 0 Å². The molecule has 0 saturated carbocycles. The van der Waals surface area contributed by atoms with Crippen molar-refractivity contribution in [2.75, 3.05) is 25.5 Å². The zero-order valence-corrected chi connectivity index (χ0v) is 16.1. The number of hydrogen-bond acceptors (Lipinski definition) is 3. The van der Waals surface area contributed by atoms with Gasteiger partial charge in [-0.05, 0) is 55.2 Å². The SMILES string of the molecule is COc1ccc(CCN2CC(C(=O)Nc3cccc(C)c3C)CC2=O)cc1.